The van der Waals surface area contributed by atoms with Gasteiger partial charge in [-0.2, -0.15) is 0 Å². The number of para-hydroxylation sites is 1. The lowest BCUT2D eigenvalue weighted by Crippen LogP contribution is -2.30. The number of hydrogen-bond acceptors (Lipinski definition) is 3. The van der Waals surface area contributed by atoms with Gasteiger partial charge in [-0.05, 0) is 36.3 Å². The van der Waals surface area contributed by atoms with Crippen molar-refractivity contribution < 1.29 is 14.6 Å². The quantitative estimate of drug-likeness (QED) is 0.810. The molecule has 0 heterocycles. The van der Waals surface area contributed by atoms with Crippen molar-refractivity contribution >= 4 is 5.91 Å². The fraction of sp³-hybridized carbons (Fsp3) is 0.588. The van der Waals surface area contributed by atoms with Crippen LogP contribution in [0.1, 0.15) is 38.2 Å². The van der Waals surface area contributed by atoms with Crippen LogP contribution >= 0.6 is 0 Å². The van der Waals surface area contributed by atoms with Crippen LogP contribution in [-0.2, 0) is 4.79 Å². The lowest BCUT2D eigenvalue weighted by atomic mass is 10.0. The normalized spacial score (nSPS) is 22.0. The summed E-state index contributed by atoms with van der Waals surface area (Å²) in [4.78, 5) is 12.1. The van der Waals surface area contributed by atoms with Gasteiger partial charge in [-0.15, -0.1) is 0 Å². The van der Waals surface area contributed by atoms with Crippen molar-refractivity contribution in [2.24, 2.45) is 11.8 Å². The molecule has 3 unspecified atom stereocenters. The zero-order valence-electron chi connectivity index (χ0n) is 13.0. The Morgan fingerprint density at radius 3 is 2.81 bits per heavy atom. The van der Waals surface area contributed by atoms with Crippen LogP contribution in [0.15, 0.2) is 24.3 Å². The van der Waals surface area contributed by atoms with E-state index in [4.69, 9.17) is 4.74 Å². The smallest absolute Gasteiger partial charge is 0.223 e. The Hall–Kier alpha value is -1.55. The number of hydrogen-bond donors (Lipinski definition) is 2. The van der Waals surface area contributed by atoms with Crippen molar-refractivity contribution in [1.29, 1.82) is 0 Å². The molecule has 0 spiro atoms. The molecule has 3 atom stereocenters. The third-order valence-corrected chi connectivity index (χ3v) is 4.17. The topological polar surface area (TPSA) is 58.6 Å². The first-order valence-electron chi connectivity index (χ1n) is 7.63. The summed E-state index contributed by atoms with van der Waals surface area (Å²) in [5, 5.41) is 12.7. The summed E-state index contributed by atoms with van der Waals surface area (Å²) >= 11 is 0. The van der Waals surface area contributed by atoms with E-state index in [1.165, 1.54) is 0 Å². The van der Waals surface area contributed by atoms with Crippen LogP contribution in [0, 0.1) is 11.8 Å². The van der Waals surface area contributed by atoms with Crippen LogP contribution in [0.5, 0.6) is 5.75 Å². The van der Waals surface area contributed by atoms with Gasteiger partial charge in [-0.25, -0.2) is 0 Å². The molecule has 1 fully saturated rings. The number of rotatable bonds is 7. The zero-order chi connectivity index (χ0) is 15.4. The Morgan fingerprint density at radius 1 is 1.43 bits per heavy atom. The third-order valence-electron chi connectivity index (χ3n) is 4.17. The second kappa shape index (κ2) is 6.94. The van der Waals surface area contributed by atoms with E-state index in [0.717, 1.165) is 17.7 Å². The molecule has 0 aliphatic heterocycles. The first-order valence-corrected chi connectivity index (χ1v) is 7.63. The molecule has 1 saturated carbocycles. The predicted octanol–water partition coefficient (Wildman–Crippen LogP) is 2.32. The van der Waals surface area contributed by atoms with Gasteiger partial charge in [0.05, 0.1) is 13.2 Å². The molecule has 4 nitrogen and oxygen atoms in total. The van der Waals surface area contributed by atoms with Gasteiger partial charge in [-0.3, -0.25) is 4.79 Å². The maximum Gasteiger partial charge on any atom is 0.223 e. The average molecular weight is 291 g/mol. The van der Waals surface area contributed by atoms with Gasteiger partial charge in [0.25, 0.3) is 0 Å². The summed E-state index contributed by atoms with van der Waals surface area (Å²) in [6.07, 6.45) is 1.13. The highest BCUT2D eigenvalue weighted by atomic mass is 16.5. The SMILES string of the molecule is COc1ccccc1C1CC1C(=O)NCCC(O)C(C)C. The number of benzene rings is 1. The minimum Gasteiger partial charge on any atom is -0.496 e. The molecule has 0 radical (unpaired) electrons. The van der Waals surface area contributed by atoms with Crippen molar-refractivity contribution in [1.82, 2.24) is 5.32 Å². The Morgan fingerprint density at radius 2 is 2.14 bits per heavy atom. The molecule has 2 rings (SSSR count). The van der Waals surface area contributed by atoms with Crippen molar-refractivity contribution in [3.05, 3.63) is 29.8 Å². The summed E-state index contributed by atoms with van der Waals surface area (Å²) in [5.41, 5.74) is 1.11. The van der Waals surface area contributed by atoms with E-state index in [1.807, 2.05) is 38.1 Å². The summed E-state index contributed by atoms with van der Waals surface area (Å²) in [5.74, 6) is 1.47. The van der Waals surface area contributed by atoms with Crippen LogP contribution in [-0.4, -0.2) is 30.8 Å². The molecule has 116 valence electrons. The number of carbonyl (C=O) groups is 1. The van der Waals surface area contributed by atoms with E-state index < -0.39 is 0 Å². The average Bonchev–Trinajstić information content (AvgIpc) is 3.27. The molecule has 1 aliphatic rings. The first kappa shape index (κ1) is 15.8. The standard InChI is InChI=1S/C17H25NO3/c1-11(2)15(19)8-9-18-17(20)14-10-13(14)12-6-4-5-7-16(12)21-3/h4-7,11,13-15,19H,8-10H2,1-3H3,(H,18,20). The van der Waals surface area contributed by atoms with Crippen LogP contribution in [0.25, 0.3) is 0 Å². The van der Waals surface area contributed by atoms with Gasteiger partial charge in [0.1, 0.15) is 5.75 Å². The number of aliphatic hydroxyl groups is 1. The van der Waals surface area contributed by atoms with Crippen LogP contribution < -0.4 is 10.1 Å². The van der Waals surface area contributed by atoms with E-state index >= 15 is 0 Å². The highest BCUT2D eigenvalue weighted by Gasteiger charge is 2.45. The maximum absolute atomic E-state index is 12.1. The molecule has 2 N–H and O–H groups in total. The van der Waals surface area contributed by atoms with Crippen molar-refractivity contribution in [2.45, 2.75) is 38.7 Å². The Labute approximate surface area is 126 Å². The molecule has 1 aliphatic carbocycles. The van der Waals surface area contributed by atoms with Crippen molar-refractivity contribution in [3.8, 4) is 5.75 Å². The van der Waals surface area contributed by atoms with Crippen molar-refractivity contribution in [3.63, 3.8) is 0 Å². The second-order valence-electron chi connectivity index (χ2n) is 6.08. The van der Waals surface area contributed by atoms with Crippen LogP contribution in [0.3, 0.4) is 0 Å². The van der Waals surface area contributed by atoms with E-state index in [9.17, 15) is 9.90 Å². The van der Waals surface area contributed by atoms with E-state index in [0.29, 0.717) is 13.0 Å². The maximum atomic E-state index is 12.1. The van der Waals surface area contributed by atoms with Crippen molar-refractivity contribution in [2.75, 3.05) is 13.7 Å². The number of ether oxygens (including phenoxy) is 1. The number of methoxy groups -OCH3 is 1. The minimum atomic E-state index is -0.352. The molecular formula is C17H25NO3. The largest absolute Gasteiger partial charge is 0.496 e. The summed E-state index contributed by atoms with van der Waals surface area (Å²) < 4.78 is 5.35. The fourth-order valence-corrected chi connectivity index (χ4v) is 2.61. The predicted molar refractivity (Wildman–Crippen MR) is 82.3 cm³/mol. The van der Waals surface area contributed by atoms with Gasteiger partial charge in [0.2, 0.25) is 5.91 Å². The minimum absolute atomic E-state index is 0.0393. The molecule has 4 heteroatoms. The van der Waals surface area contributed by atoms with E-state index in [2.05, 4.69) is 5.32 Å². The van der Waals surface area contributed by atoms with E-state index in [1.54, 1.807) is 7.11 Å². The molecule has 0 bridgehead atoms. The lowest BCUT2D eigenvalue weighted by molar-refractivity contribution is -0.122. The third kappa shape index (κ3) is 3.97. The summed E-state index contributed by atoms with van der Waals surface area (Å²) in [6, 6.07) is 7.87. The molecule has 21 heavy (non-hydrogen) atoms. The highest BCUT2D eigenvalue weighted by molar-refractivity contribution is 5.83. The summed E-state index contributed by atoms with van der Waals surface area (Å²) in [7, 11) is 1.66. The van der Waals surface area contributed by atoms with Crippen LogP contribution in [0.2, 0.25) is 0 Å². The number of carbonyl (C=O) groups excluding carboxylic acids is 1. The van der Waals surface area contributed by atoms with E-state index in [-0.39, 0.29) is 29.8 Å². The zero-order valence-corrected chi connectivity index (χ0v) is 13.0. The number of aliphatic hydroxyl groups excluding tert-OH is 1. The molecule has 0 saturated heterocycles. The first-order chi connectivity index (χ1) is 10.0. The summed E-state index contributed by atoms with van der Waals surface area (Å²) in [6.45, 7) is 4.49. The van der Waals surface area contributed by atoms with Gasteiger partial charge in [0.15, 0.2) is 0 Å². The Kier molecular flexibility index (Phi) is 5.23. The molecule has 1 amide bonds. The molecule has 1 aromatic rings. The fourth-order valence-electron chi connectivity index (χ4n) is 2.61. The molecule has 1 aromatic carbocycles. The number of nitrogens with one attached hydrogen (secondary N) is 1. The van der Waals surface area contributed by atoms with Gasteiger partial charge < -0.3 is 15.2 Å². The van der Waals surface area contributed by atoms with Gasteiger partial charge >= 0.3 is 0 Å². The Bertz CT molecular complexity index is 487. The number of amides is 1. The van der Waals surface area contributed by atoms with Gasteiger partial charge in [-0.1, -0.05) is 32.0 Å². The lowest BCUT2D eigenvalue weighted by Gasteiger charge is -2.14. The highest BCUT2D eigenvalue weighted by Crippen LogP contribution is 2.50. The molecular weight excluding hydrogens is 266 g/mol. The van der Waals surface area contributed by atoms with Crippen LogP contribution in [0.4, 0.5) is 0 Å². The molecule has 0 aromatic heterocycles. The second-order valence-corrected chi connectivity index (χ2v) is 6.08. The monoisotopic (exact) mass is 291 g/mol. The van der Waals surface area contributed by atoms with Gasteiger partial charge in [0, 0.05) is 12.5 Å². The Balaban J connectivity index is 1.81.